The van der Waals surface area contributed by atoms with E-state index in [-0.39, 0.29) is 5.75 Å². The first kappa shape index (κ1) is 14.7. The number of nitrogens with zero attached hydrogens (tertiary/aromatic N) is 3. The minimum absolute atomic E-state index is 0.0366. The molecule has 7 heteroatoms. The van der Waals surface area contributed by atoms with Crippen molar-refractivity contribution in [2.24, 2.45) is 21.0 Å². The molecular formula is C14H11ClN4O2. The van der Waals surface area contributed by atoms with E-state index in [2.05, 4.69) is 15.2 Å². The molecule has 0 atom stereocenters. The van der Waals surface area contributed by atoms with Crippen LogP contribution in [0.25, 0.3) is 0 Å². The van der Waals surface area contributed by atoms with Crippen LogP contribution in [0.5, 0.6) is 5.75 Å². The molecule has 0 fully saturated rings. The number of phenols is 1. The van der Waals surface area contributed by atoms with Crippen LogP contribution in [0.15, 0.2) is 57.7 Å². The summed E-state index contributed by atoms with van der Waals surface area (Å²) in [7, 11) is 0. The highest BCUT2D eigenvalue weighted by molar-refractivity contribution is 6.30. The van der Waals surface area contributed by atoms with Gasteiger partial charge in [-0.3, -0.25) is 0 Å². The predicted molar refractivity (Wildman–Crippen MR) is 80.9 cm³/mol. The van der Waals surface area contributed by atoms with Crippen molar-refractivity contribution in [2.45, 2.75) is 0 Å². The number of aromatic hydroxyl groups is 1. The Morgan fingerprint density at radius 1 is 1.10 bits per heavy atom. The first-order valence-corrected chi connectivity index (χ1v) is 6.26. The van der Waals surface area contributed by atoms with Gasteiger partial charge in [-0.15, -0.1) is 0 Å². The SMILES string of the molecule is NC(=O)/N=C/c1cc(N=Nc2ccc(Cl)cc2)ccc1O. The van der Waals surface area contributed by atoms with Crippen molar-refractivity contribution in [1.29, 1.82) is 0 Å². The van der Waals surface area contributed by atoms with E-state index < -0.39 is 6.03 Å². The predicted octanol–water partition coefficient (Wildman–Crippen LogP) is 3.96. The van der Waals surface area contributed by atoms with Crippen LogP contribution >= 0.6 is 11.6 Å². The van der Waals surface area contributed by atoms with Gasteiger partial charge in [0.2, 0.25) is 0 Å². The second-order valence-electron chi connectivity index (χ2n) is 4.02. The zero-order chi connectivity index (χ0) is 15.2. The standard InChI is InChI=1S/C14H11ClN4O2/c15-10-1-3-11(4-2-10)18-19-12-5-6-13(20)9(7-12)8-17-14(16)21/h1-8,20H,(H2,16,21)/b17-8+,19-18?. The topological polar surface area (TPSA) is 100 Å². The van der Waals surface area contributed by atoms with Crippen LogP contribution in [0.4, 0.5) is 16.2 Å². The van der Waals surface area contributed by atoms with Gasteiger partial charge in [0, 0.05) is 16.8 Å². The van der Waals surface area contributed by atoms with Gasteiger partial charge < -0.3 is 10.8 Å². The van der Waals surface area contributed by atoms with Crippen LogP contribution in [0.1, 0.15) is 5.56 Å². The summed E-state index contributed by atoms with van der Waals surface area (Å²) in [5.74, 6) is -0.0366. The number of primary amides is 1. The van der Waals surface area contributed by atoms with Gasteiger partial charge in [-0.2, -0.15) is 10.2 Å². The van der Waals surface area contributed by atoms with Gasteiger partial charge >= 0.3 is 6.03 Å². The number of rotatable bonds is 3. The van der Waals surface area contributed by atoms with Gasteiger partial charge in [0.05, 0.1) is 11.4 Å². The van der Waals surface area contributed by atoms with Crippen molar-refractivity contribution in [2.75, 3.05) is 0 Å². The summed E-state index contributed by atoms with van der Waals surface area (Å²) in [5.41, 5.74) is 6.36. The molecule has 0 aromatic heterocycles. The lowest BCUT2D eigenvalue weighted by molar-refractivity contribution is 0.257. The van der Waals surface area contributed by atoms with E-state index in [1.807, 2.05) is 0 Å². The fourth-order valence-corrected chi connectivity index (χ4v) is 1.59. The van der Waals surface area contributed by atoms with E-state index in [9.17, 15) is 9.90 Å². The minimum Gasteiger partial charge on any atom is -0.507 e. The number of halogens is 1. The molecule has 21 heavy (non-hydrogen) atoms. The molecule has 0 unspecified atom stereocenters. The van der Waals surface area contributed by atoms with Crippen LogP contribution in [0.3, 0.4) is 0 Å². The van der Waals surface area contributed by atoms with E-state index >= 15 is 0 Å². The Hall–Kier alpha value is -2.73. The molecule has 0 saturated carbocycles. The van der Waals surface area contributed by atoms with Crippen LogP contribution in [-0.4, -0.2) is 17.4 Å². The Morgan fingerprint density at radius 3 is 2.38 bits per heavy atom. The van der Waals surface area contributed by atoms with Gasteiger partial charge in [-0.1, -0.05) is 11.6 Å². The van der Waals surface area contributed by atoms with Gasteiger partial charge in [-0.25, -0.2) is 9.79 Å². The summed E-state index contributed by atoms with van der Waals surface area (Å²) >= 11 is 5.77. The lowest BCUT2D eigenvalue weighted by atomic mass is 10.2. The lowest BCUT2D eigenvalue weighted by Crippen LogP contribution is -2.04. The Balaban J connectivity index is 2.22. The molecule has 0 spiro atoms. The van der Waals surface area contributed by atoms with Crippen LogP contribution in [-0.2, 0) is 0 Å². The van der Waals surface area contributed by atoms with Crippen molar-refractivity contribution >= 4 is 35.2 Å². The summed E-state index contributed by atoms with van der Waals surface area (Å²) in [6.45, 7) is 0. The monoisotopic (exact) mass is 302 g/mol. The molecule has 2 rings (SSSR count). The van der Waals surface area contributed by atoms with E-state index in [1.54, 1.807) is 30.3 Å². The molecule has 6 nitrogen and oxygen atoms in total. The molecule has 0 aliphatic rings. The summed E-state index contributed by atoms with van der Waals surface area (Å²) < 4.78 is 0. The van der Waals surface area contributed by atoms with Crippen molar-refractivity contribution < 1.29 is 9.90 Å². The normalized spacial score (nSPS) is 11.3. The van der Waals surface area contributed by atoms with Gasteiger partial charge in [0.25, 0.3) is 0 Å². The maximum Gasteiger partial charge on any atom is 0.338 e. The fourth-order valence-electron chi connectivity index (χ4n) is 1.46. The molecule has 106 valence electrons. The van der Waals surface area contributed by atoms with Crippen LogP contribution in [0.2, 0.25) is 5.02 Å². The molecule has 0 bridgehead atoms. The first-order valence-electron chi connectivity index (χ1n) is 5.88. The average molecular weight is 303 g/mol. The number of hydrogen-bond donors (Lipinski definition) is 2. The average Bonchev–Trinajstić information content (AvgIpc) is 2.46. The van der Waals surface area contributed by atoms with Crippen molar-refractivity contribution in [1.82, 2.24) is 0 Å². The summed E-state index contributed by atoms with van der Waals surface area (Å²) in [6.07, 6.45) is 1.17. The van der Waals surface area contributed by atoms with E-state index in [0.717, 1.165) is 0 Å². The maximum absolute atomic E-state index is 10.6. The Kier molecular flexibility index (Phi) is 4.63. The highest BCUT2D eigenvalue weighted by Crippen LogP contribution is 2.24. The van der Waals surface area contributed by atoms with Crippen molar-refractivity contribution in [3.8, 4) is 5.75 Å². The third-order valence-electron chi connectivity index (χ3n) is 2.45. The number of azo groups is 1. The molecule has 0 radical (unpaired) electrons. The Morgan fingerprint density at radius 2 is 1.71 bits per heavy atom. The summed E-state index contributed by atoms with van der Waals surface area (Å²) in [5, 5.41) is 18.3. The number of urea groups is 1. The molecule has 2 amide bonds. The maximum atomic E-state index is 10.6. The van der Waals surface area contributed by atoms with Crippen molar-refractivity contribution in [3.63, 3.8) is 0 Å². The van der Waals surface area contributed by atoms with Crippen LogP contribution in [0, 0.1) is 0 Å². The number of aliphatic imine (C=N–C) groups is 1. The number of carbonyl (C=O) groups excluding carboxylic acids is 1. The lowest BCUT2D eigenvalue weighted by Gasteiger charge is -1.99. The number of amides is 2. The van der Waals surface area contributed by atoms with Crippen LogP contribution < -0.4 is 5.73 Å². The molecule has 0 aliphatic carbocycles. The fraction of sp³-hybridized carbons (Fsp3) is 0. The third kappa shape index (κ3) is 4.39. The van der Waals surface area contributed by atoms with Gasteiger partial charge in [0.1, 0.15) is 5.75 Å². The second kappa shape index (κ2) is 6.62. The molecule has 2 aromatic carbocycles. The van der Waals surface area contributed by atoms with E-state index in [1.165, 1.54) is 18.3 Å². The molecular weight excluding hydrogens is 292 g/mol. The Bertz CT molecular complexity index is 711. The van der Waals surface area contributed by atoms with Gasteiger partial charge in [0.15, 0.2) is 0 Å². The number of phenolic OH excluding ortho intramolecular Hbond substituents is 1. The number of carbonyl (C=O) groups is 1. The highest BCUT2D eigenvalue weighted by atomic mass is 35.5. The smallest absolute Gasteiger partial charge is 0.338 e. The first-order chi connectivity index (χ1) is 10.0. The zero-order valence-corrected chi connectivity index (χ0v) is 11.5. The minimum atomic E-state index is -0.845. The van der Waals surface area contributed by atoms with E-state index in [4.69, 9.17) is 17.3 Å². The number of hydrogen-bond acceptors (Lipinski definition) is 4. The Labute approximate surface area is 125 Å². The summed E-state index contributed by atoms with van der Waals surface area (Å²) in [4.78, 5) is 14.0. The zero-order valence-electron chi connectivity index (χ0n) is 10.8. The third-order valence-corrected chi connectivity index (χ3v) is 2.70. The van der Waals surface area contributed by atoms with Gasteiger partial charge in [-0.05, 0) is 42.5 Å². The number of benzene rings is 2. The van der Waals surface area contributed by atoms with Crippen molar-refractivity contribution in [3.05, 3.63) is 53.1 Å². The molecule has 0 saturated heterocycles. The summed E-state index contributed by atoms with van der Waals surface area (Å²) in [6, 6.07) is 10.6. The molecule has 3 N–H and O–H groups in total. The second-order valence-corrected chi connectivity index (χ2v) is 4.45. The highest BCUT2D eigenvalue weighted by Gasteiger charge is 2.01. The molecule has 0 heterocycles. The van der Waals surface area contributed by atoms with E-state index in [0.29, 0.717) is 22.0 Å². The molecule has 2 aromatic rings. The quantitative estimate of drug-likeness (QED) is 0.662. The molecule has 0 aliphatic heterocycles. The largest absolute Gasteiger partial charge is 0.507 e. The number of nitrogens with two attached hydrogens (primary N) is 1.